The summed E-state index contributed by atoms with van der Waals surface area (Å²) in [6, 6.07) is 4.32. The molecule has 1 aromatic heterocycles. The van der Waals surface area contributed by atoms with E-state index in [1.54, 1.807) is 0 Å². The molecule has 0 amide bonds. The minimum Gasteiger partial charge on any atom is -0.354 e. The first-order valence-electron chi connectivity index (χ1n) is 7.96. The van der Waals surface area contributed by atoms with E-state index in [-0.39, 0.29) is 0 Å². The number of piperazine rings is 1. The van der Waals surface area contributed by atoms with E-state index in [1.807, 2.05) is 6.20 Å². The fourth-order valence-electron chi connectivity index (χ4n) is 2.55. The second-order valence-electron chi connectivity index (χ2n) is 5.93. The van der Waals surface area contributed by atoms with Crippen LogP contribution in [0.1, 0.15) is 12.5 Å². The van der Waals surface area contributed by atoms with Crippen molar-refractivity contribution in [2.75, 3.05) is 64.8 Å². The third-order valence-electron chi connectivity index (χ3n) is 3.95. The number of aromatic nitrogens is 1. The van der Waals surface area contributed by atoms with Gasteiger partial charge in [-0.3, -0.25) is 4.90 Å². The molecule has 21 heavy (non-hydrogen) atoms. The van der Waals surface area contributed by atoms with Crippen LogP contribution in [0.4, 0.5) is 5.82 Å². The molecule has 1 N–H and O–H groups in total. The lowest BCUT2D eigenvalue weighted by molar-refractivity contribution is 0.229. The summed E-state index contributed by atoms with van der Waals surface area (Å²) < 4.78 is 0. The van der Waals surface area contributed by atoms with E-state index in [0.29, 0.717) is 0 Å². The van der Waals surface area contributed by atoms with Gasteiger partial charge in [0.05, 0.1) is 0 Å². The van der Waals surface area contributed by atoms with Crippen molar-refractivity contribution in [3.05, 3.63) is 23.9 Å². The molecule has 2 heterocycles. The molecule has 0 atom stereocenters. The number of likely N-dealkylation sites (N-methyl/N-ethyl adjacent to an activating group) is 1. The maximum atomic E-state index is 4.54. The quantitative estimate of drug-likeness (QED) is 0.806. The van der Waals surface area contributed by atoms with Crippen LogP contribution in [0.5, 0.6) is 0 Å². The molecule has 0 spiro atoms. The van der Waals surface area contributed by atoms with Crippen molar-refractivity contribution in [3.63, 3.8) is 0 Å². The van der Waals surface area contributed by atoms with Gasteiger partial charge in [-0.05, 0) is 38.3 Å². The van der Waals surface area contributed by atoms with E-state index in [4.69, 9.17) is 0 Å². The van der Waals surface area contributed by atoms with Crippen LogP contribution in [-0.2, 0) is 6.54 Å². The fourth-order valence-corrected chi connectivity index (χ4v) is 2.55. The Kier molecular flexibility index (Phi) is 6.42. The number of anilines is 1. The molecule has 0 aliphatic carbocycles. The molecule has 1 fully saturated rings. The van der Waals surface area contributed by atoms with Crippen LogP contribution >= 0.6 is 0 Å². The van der Waals surface area contributed by atoms with E-state index in [0.717, 1.165) is 58.2 Å². The molecule has 0 unspecified atom stereocenters. The Morgan fingerprint density at radius 1 is 1.24 bits per heavy atom. The van der Waals surface area contributed by atoms with Gasteiger partial charge in [0.2, 0.25) is 0 Å². The van der Waals surface area contributed by atoms with Crippen LogP contribution in [0.25, 0.3) is 0 Å². The smallest absolute Gasteiger partial charge is 0.128 e. The van der Waals surface area contributed by atoms with Gasteiger partial charge in [-0.1, -0.05) is 6.92 Å². The van der Waals surface area contributed by atoms with Crippen molar-refractivity contribution in [2.45, 2.75) is 13.5 Å². The van der Waals surface area contributed by atoms with Crippen LogP contribution in [0.3, 0.4) is 0 Å². The second kappa shape index (κ2) is 8.32. The summed E-state index contributed by atoms with van der Waals surface area (Å²) in [7, 11) is 4.27. The summed E-state index contributed by atoms with van der Waals surface area (Å²) in [5.74, 6) is 1.12. The summed E-state index contributed by atoms with van der Waals surface area (Å²) >= 11 is 0. The number of rotatable bonds is 7. The lowest BCUT2D eigenvalue weighted by Crippen LogP contribution is -2.48. The predicted octanol–water partition coefficient (Wildman–Crippen LogP) is 0.875. The maximum absolute atomic E-state index is 4.54. The Bertz CT molecular complexity index is 413. The number of hydrogen-bond donors (Lipinski definition) is 1. The Morgan fingerprint density at radius 2 is 2.00 bits per heavy atom. The topological polar surface area (TPSA) is 34.6 Å². The molecule has 5 nitrogen and oxygen atoms in total. The molecule has 0 radical (unpaired) electrons. The van der Waals surface area contributed by atoms with Gasteiger partial charge in [-0.2, -0.15) is 0 Å². The van der Waals surface area contributed by atoms with Crippen LogP contribution in [0.15, 0.2) is 18.3 Å². The predicted molar refractivity (Wildman–Crippen MR) is 88.8 cm³/mol. The third kappa shape index (κ3) is 5.26. The molecule has 1 saturated heterocycles. The Labute approximate surface area is 128 Å². The molecule has 0 aromatic carbocycles. The summed E-state index contributed by atoms with van der Waals surface area (Å²) in [5, 5.41) is 3.37. The molecule has 1 aliphatic rings. The molecular formula is C16H29N5. The van der Waals surface area contributed by atoms with Crippen molar-refractivity contribution in [1.29, 1.82) is 0 Å². The van der Waals surface area contributed by atoms with E-state index in [1.165, 1.54) is 5.56 Å². The first kappa shape index (κ1) is 16.2. The van der Waals surface area contributed by atoms with Crippen LogP contribution in [0, 0.1) is 0 Å². The molecule has 1 aliphatic heterocycles. The Morgan fingerprint density at radius 3 is 2.67 bits per heavy atom. The van der Waals surface area contributed by atoms with Crippen molar-refractivity contribution < 1.29 is 0 Å². The summed E-state index contributed by atoms with van der Waals surface area (Å²) in [6.07, 6.45) is 1.93. The zero-order valence-corrected chi connectivity index (χ0v) is 13.7. The lowest BCUT2D eigenvalue weighted by Gasteiger charge is -2.36. The molecule has 5 heteroatoms. The van der Waals surface area contributed by atoms with Gasteiger partial charge in [-0.25, -0.2) is 4.98 Å². The minimum atomic E-state index is 0.925. The molecule has 1 aromatic rings. The molecule has 0 bridgehead atoms. The second-order valence-corrected chi connectivity index (χ2v) is 5.93. The van der Waals surface area contributed by atoms with Gasteiger partial charge in [-0.15, -0.1) is 0 Å². The monoisotopic (exact) mass is 291 g/mol. The highest BCUT2D eigenvalue weighted by Gasteiger charge is 2.17. The molecule has 2 rings (SSSR count). The van der Waals surface area contributed by atoms with Crippen molar-refractivity contribution in [1.82, 2.24) is 20.1 Å². The zero-order valence-electron chi connectivity index (χ0n) is 13.7. The number of nitrogens with one attached hydrogen (secondary N) is 1. The van der Waals surface area contributed by atoms with Crippen LogP contribution in [-0.4, -0.2) is 74.7 Å². The number of nitrogens with zero attached hydrogens (tertiary/aromatic N) is 4. The average Bonchev–Trinajstić information content (AvgIpc) is 2.51. The normalized spacial score (nSPS) is 16.7. The average molecular weight is 291 g/mol. The van der Waals surface area contributed by atoms with Crippen molar-refractivity contribution >= 4 is 5.82 Å². The van der Waals surface area contributed by atoms with Gasteiger partial charge in [0.25, 0.3) is 0 Å². The van der Waals surface area contributed by atoms with Crippen molar-refractivity contribution in [2.24, 2.45) is 0 Å². The molecule has 0 saturated carbocycles. The SMILES string of the molecule is CCNCc1ccnc(N2CCN(CCN(C)C)CC2)c1. The van der Waals surface area contributed by atoms with Gasteiger partial charge in [0, 0.05) is 52.0 Å². The van der Waals surface area contributed by atoms with Crippen molar-refractivity contribution in [3.8, 4) is 0 Å². The third-order valence-corrected chi connectivity index (χ3v) is 3.95. The number of pyridine rings is 1. The first-order chi connectivity index (χ1) is 10.2. The summed E-state index contributed by atoms with van der Waals surface area (Å²) in [5.41, 5.74) is 1.32. The van der Waals surface area contributed by atoms with Crippen LogP contribution < -0.4 is 10.2 Å². The van der Waals surface area contributed by atoms with Crippen LogP contribution in [0.2, 0.25) is 0 Å². The highest BCUT2D eigenvalue weighted by Crippen LogP contribution is 2.15. The van der Waals surface area contributed by atoms with E-state index in [2.05, 4.69) is 58.2 Å². The van der Waals surface area contributed by atoms with Gasteiger partial charge < -0.3 is 15.1 Å². The summed E-state index contributed by atoms with van der Waals surface area (Å²) in [4.78, 5) is 11.7. The maximum Gasteiger partial charge on any atom is 0.128 e. The van der Waals surface area contributed by atoms with Gasteiger partial charge in [0.15, 0.2) is 0 Å². The van der Waals surface area contributed by atoms with E-state index >= 15 is 0 Å². The van der Waals surface area contributed by atoms with Gasteiger partial charge >= 0.3 is 0 Å². The Hall–Kier alpha value is -1.17. The highest BCUT2D eigenvalue weighted by molar-refractivity contribution is 5.41. The number of hydrogen-bond acceptors (Lipinski definition) is 5. The van der Waals surface area contributed by atoms with E-state index in [9.17, 15) is 0 Å². The largest absolute Gasteiger partial charge is 0.354 e. The fraction of sp³-hybridized carbons (Fsp3) is 0.688. The standard InChI is InChI=1S/C16H29N5/c1-4-17-14-15-5-6-18-16(13-15)21-11-9-20(10-12-21)8-7-19(2)3/h5-6,13,17H,4,7-12,14H2,1-3H3. The first-order valence-corrected chi connectivity index (χ1v) is 7.96. The molecular weight excluding hydrogens is 262 g/mol. The zero-order chi connectivity index (χ0) is 15.1. The highest BCUT2D eigenvalue weighted by atomic mass is 15.3. The lowest BCUT2D eigenvalue weighted by atomic mass is 10.2. The summed E-state index contributed by atoms with van der Waals surface area (Å²) in [6.45, 7) is 10.8. The molecule has 118 valence electrons. The van der Waals surface area contributed by atoms with Gasteiger partial charge in [0.1, 0.15) is 5.82 Å². The van der Waals surface area contributed by atoms with E-state index < -0.39 is 0 Å². The minimum absolute atomic E-state index is 0.925. The Balaban J connectivity index is 1.84.